The molecule has 0 bridgehead atoms. The molecule has 1 aromatic heterocycles. The first-order valence-electron chi connectivity index (χ1n) is 7.87. The van der Waals surface area contributed by atoms with Gasteiger partial charge in [-0.3, -0.25) is 4.79 Å². The molecule has 0 fully saturated rings. The largest absolute Gasteiger partial charge is 0.497 e. The Kier molecular flexibility index (Phi) is 5.24. The van der Waals surface area contributed by atoms with Crippen molar-refractivity contribution in [2.45, 2.75) is 11.9 Å². The maximum Gasteiger partial charge on any atom is 0.176 e. The lowest BCUT2D eigenvalue weighted by Gasteiger charge is -2.10. The highest BCUT2D eigenvalue weighted by molar-refractivity contribution is 8.00. The summed E-state index contributed by atoms with van der Waals surface area (Å²) in [4.78, 5) is 17.3. The van der Waals surface area contributed by atoms with Gasteiger partial charge in [0.05, 0.1) is 31.1 Å². The second kappa shape index (κ2) is 7.57. The van der Waals surface area contributed by atoms with Gasteiger partial charge in [0.1, 0.15) is 16.5 Å². The van der Waals surface area contributed by atoms with Gasteiger partial charge >= 0.3 is 0 Å². The summed E-state index contributed by atoms with van der Waals surface area (Å²) in [7, 11) is 3.13. The van der Waals surface area contributed by atoms with E-state index in [-0.39, 0.29) is 11.5 Å². The zero-order valence-corrected chi connectivity index (χ0v) is 15.2. The topological polar surface area (TPSA) is 48.4 Å². The number of ketones is 1. The number of benzene rings is 2. The number of aromatic nitrogens is 1. The minimum atomic E-state index is -0.0184. The Hall–Kier alpha value is -2.53. The lowest BCUT2D eigenvalue weighted by Crippen LogP contribution is -2.06. The van der Waals surface area contributed by atoms with Crippen molar-refractivity contribution in [3.63, 3.8) is 0 Å². The van der Waals surface area contributed by atoms with Gasteiger partial charge in [-0.15, -0.1) is 0 Å². The van der Waals surface area contributed by atoms with Crippen LogP contribution >= 0.6 is 11.8 Å². The first-order chi connectivity index (χ1) is 12.1. The molecule has 0 amide bonds. The summed E-state index contributed by atoms with van der Waals surface area (Å²) >= 11 is 1.44. The summed E-state index contributed by atoms with van der Waals surface area (Å²) in [5, 5.41) is 1.97. The maximum atomic E-state index is 12.7. The average molecular weight is 353 g/mol. The van der Waals surface area contributed by atoms with Crippen molar-refractivity contribution < 1.29 is 14.3 Å². The van der Waals surface area contributed by atoms with Gasteiger partial charge in [0.2, 0.25) is 0 Å². The molecule has 4 nitrogen and oxygen atoms in total. The predicted octanol–water partition coefficient (Wildman–Crippen LogP) is 4.54. The molecule has 1 heterocycles. The molecule has 0 atom stereocenters. The van der Waals surface area contributed by atoms with E-state index in [1.807, 2.05) is 31.2 Å². The van der Waals surface area contributed by atoms with E-state index in [0.29, 0.717) is 17.1 Å². The Morgan fingerprint density at radius 3 is 2.64 bits per heavy atom. The molecule has 0 radical (unpaired) electrons. The van der Waals surface area contributed by atoms with Crippen LogP contribution in [0.25, 0.3) is 10.9 Å². The highest BCUT2D eigenvalue weighted by Gasteiger charge is 2.15. The molecular weight excluding hydrogens is 334 g/mol. The van der Waals surface area contributed by atoms with E-state index in [1.165, 1.54) is 11.8 Å². The smallest absolute Gasteiger partial charge is 0.176 e. The molecule has 0 aliphatic heterocycles. The van der Waals surface area contributed by atoms with Gasteiger partial charge in [-0.25, -0.2) is 4.98 Å². The number of nitrogens with zero attached hydrogens (tertiary/aromatic N) is 1. The zero-order valence-electron chi connectivity index (χ0n) is 14.4. The van der Waals surface area contributed by atoms with Gasteiger partial charge in [0, 0.05) is 5.39 Å². The molecule has 0 unspecified atom stereocenters. The molecule has 0 saturated carbocycles. The molecule has 3 aromatic rings. The highest BCUT2D eigenvalue weighted by atomic mass is 32.2. The number of rotatable bonds is 6. The fourth-order valence-corrected chi connectivity index (χ4v) is 3.47. The van der Waals surface area contributed by atoms with Crippen molar-refractivity contribution >= 4 is 28.4 Å². The van der Waals surface area contributed by atoms with Gasteiger partial charge in [0.15, 0.2) is 5.78 Å². The third kappa shape index (κ3) is 3.77. The first-order valence-corrected chi connectivity index (χ1v) is 8.85. The fourth-order valence-electron chi connectivity index (χ4n) is 2.59. The quantitative estimate of drug-likeness (QED) is 0.481. The number of hydrogen-bond donors (Lipinski definition) is 0. The first kappa shape index (κ1) is 17.3. The normalized spacial score (nSPS) is 10.7. The second-order valence-corrected chi connectivity index (χ2v) is 6.55. The number of hydrogen-bond acceptors (Lipinski definition) is 5. The number of thioether (sulfide) groups is 1. The number of ether oxygens (including phenoxy) is 2. The second-order valence-electron chi connectivity index (χ2n) is 5.58. The minimum Gasteiger partial charge on any atom is -0.497 e. The van der Waals surface area contributed by atoms with E-state index in [4.69, 9.17) is 9.47 Å². The Bertz CT molecular complexity index is 924. The van der Waals surface area contributed by atoms with Crippen LogP contribution in [0.15, 0.2) is 53.6 Å². The molecule has 2 aromatic carbocycles. The minimum absolute atomic E-state index is 0.0184. The van der Waals surface area contributed by atoms with Crippen molar-refractivity contribution in [1.29, 1.82) is 0 Å². The van der Waals surface area contributed by atoms with Crippen LogP contribution in [0, 0.1) is 6.92 Å². The number of Topliss-reactive ketones (excluding diaryl/α,β-unsaturated/α-hetero) is 1. The third-order valence-electron chi connectivity index (χ3n) is 3.92. The van der Waals surface area contributed by atoms with Gasteiger partial charge in [-0.1, -0.05) is 30.0 Å². The zero-order chi connectivity index (χ0) is 17.8. The number of methoxy groups -OCH3 is 2. The van der Waals surface area contributed by atoms with Crippen LogP contribution in [0.2, 0.25) is 0 Å². The molecule has 128 valence electrons. The molecule has 25 heavy (non-hydrogen) atoms. The average Bonchev–Trinajstić information content (AvgIpc) is 2.65. The molecule has 0 aliphatic carbocycles. The van der Waals surface area contributed by atoms with Crippen LogP contribution in [-0.2, 0) is 0 Å². The summed E-state index contributed by atoms with van der Waals surface area (Å²) in [5.74, 6) is 1.45. The van der Waals surface area contributed by atoms with Crippen molar-refractivity contribution in [3.8, 4) is 11.5 Å². The Balaban J connectivity index is 1.82. The van der Waals surface area contributed by atoms with Crippen LogP contribution < -0.4 is 9.47 Å². The van der Waals surface area contributed by atoms with E-state index in [2.05, 4.69) is 11.1 Å². The monoisotopic (exact) mass is 353 g/mol. The van der Waals surface area contributed by atoms with E-state index in [9.17, 15) is 4.79 Å². The summed E-state index contributed by atoms with van der Waals surface area (Å²) in [6, 6.07) is 15.3. The Labute approximate surface area is 151 Å². The standard InChI is InChI=1S/C20H19NO3S/c1-13-10-14-6-4-5-7-17(14)21-20(13)25-12-18(22)16-11-15(23-2)8-9-19(16)24-3/h4-11H,12H2,1-3H3. The van der Waals surface area contributed by atoms with Gasteiger partial charge < -0.3 is 9.47 Å². The lowest BCUT2D eigenvalue weighted by molar-refractivity contribution is 0.101. The van der Waals surface area contributed by atoms with Crippen LogP contribution in [0.4, 0.5) is 0 Å². The number of carbonyl (C=O) groups excluding carboxylic acids is 1. The van der Waals surface area contributed by atoms with Crippen LogP contribution in [-0.4, -0.2) is 30.7 Å². The van der Waals surface area contributed by atoms with Crippen molar-refractivity contribution in [2.75, 3.05) is 20.0 Å². The predicted molar refractivity (Wildman–Crippen MR) is 101 cm³/mol. The van der Waals surface area contributed by atoms with Gasteiger partial charge in [-0.05, 0) is 42.8 Å². The van der Waals surface area contributed by atoms with E-state index < -0.39 is 0 Å². The molecule has 5 heteroatoms. The summed E-state index contributed by atoms with van der Waals surface area (Å²) < 4.78 is 10.5. The molecule has 0 saturated heterocycles. The molecule has 0 N–H and O–H groups in total. The Morgan fingerprint density at radius 2 is 1.88 bits per heavy atom. The van der Waals surface area contributed by atoms with Crippen LogP contribution in [0.5, 0.6) is 11.5 Å². The molecule has 0 spiro atoms. The maximum absolute atomic E-state index is 12.7. The number of para-hydroxylation sites is 1. The number of carbonyl (C=O) groups is 1. The van der Waals surface area contributed by atoms with Crippen molar-refractivity contribution in [1.82, 2.24) is 4.98 Å². The van der Waals surface area contributed by atoms with Crippen molar-refractivity contribution in [2.24, 2.45) is 0 Å². The van der Waals surface area contributed by atoms with Gasteiger partial charge in [0.25, 0.3) is 0 Å². The highest BCUT2D eigenvalue weighted by Crippen LogP contribution is 2.28. The van der Waals surface area contributed by atoms with E-state index in [0.717, 1.165) is 21.5 Å². The number of fused-ring (bicyclic) bond motifs is 1. The summed E-state index contributed by atoms with van der Waals surface area (Å²) in [5.41, 5.74) is 2.52. The third-order valence-corrected chi connectivity index (χ3v) is 5.01. The summed E-state index contributed by atoms with van der Waals surface area (Å²) in [6.07, 6.45) is 0. The SMILES string of the molecule is COc1ccc(OC)c(C(=O)CSc2nc3ccccc3cc2C)c1. The summed E-state index contributed by atoms with van der Waals surface area (Å²) in [6.45, 7) is 2.01. The number of aryl methyl sites for hydroxylation is 1. The fraction of sp³-hybridized carbons (Fsp3) is 0.200. The van der Waals surface area contributed by atoms with E-state index >= 15 is 0 Å². The molecule has 3 rings (SSSR count). The Morgan fingerprint density at radius 1 is 1.08 bits per heavy atom. The molecule has 0 aliphatic rings. The lowest BCUT2D eigenvalue weighted by atomic mass is 10.1. The van der Waals surface area contributed by atoms with E-state index in [1.54, 1.807) is 32.4 Å². The molecular formula is C20H19NO3S. The van der Waals surface area contributed by atoms with Crippen LogP contribution in [0.3, 0.4) is 0 Å². The van der Waals surface area contributed by atoms with Gasteiger partial charge in [-0.2, -0.15) is 0 Å². The van der Waals surface area contributed by atoms with Crippen LogP contribution in [0.1, 0.15) is 15.9 Å². The van der Waals surface area contributed by atoms with Crippen molar-refractivity contribution in [3.05, 3.63) is 59.7 Å². The number of pyridine rings is 1.